The molecule has 2 rings (SSSR count). The molecule has 0 radical (unpaired) electrons. The molecule has 116 valence electrons. The van der Waals surface area contributed by atoms with Crippen molar-refractivity contribution in [3.63, 3.8) is 0 Å². The van der Waals surface area contributed by atoms with Crippen molar-refractivity contribution in [3.05, 3.63) is 23.8 Å². The maximum atomic E-state index is 12.3. The molecule has 0 bridgehead atoms. The van der Waals surface area contributed by atoms with E-state index < -0.39 is 16.0 Å². The van der Waals surface area contributed by atoms with Crippen molar-refractivity contribution in [2.24, 2.45) is 5.92 Å². The number of hydrogen-bond donors (Lipinski definition) is 3. The zero-order valence-electron chi connectivity index (χ0n) is 11.7. The number of nitrogen functional groups attached to an aromatic ring is 1. The van der Waals surface area contributed by atoms with Crippen molar-refractivity contribution in [1.29, 1.82) is 0 Å². The molecule has 0 spiro atoms. The number of hydrogen-bond acceptors (Lipinski definition) is 5. The van der Waals surface area contributed by atoms with Gasteiger partial charge in [0.15, 0.2) is 0 Å². The maximum absolute atomic E-state index is 12.3. The Morgan fingerprint density at radius 3 is 2.81 bits per heavy atom. The maximum Gasteiger partial charge on any atom is 0.337 e. The largest absolute Gasteiger partial charge is 0.478 e. The number of nitrogens with one attached hydrogen (secondary N) is 1. The summed E-state index contributed by atoms with van der Waals surface area (Å²) in [6.45, 7) is 2.07. The molecule has 1 aliphatic rings. The second kappa shape index (κ2) is 6.00. The van der Waals surface area contributed by atoms with Crippen LogP contribution in [0.15, 0.2) is 23.1 Å². The smallest absolute Gasteiger partial charge is 0.337 e. The average Bonchev–Trinajstić information content (AvgIpc) is 2.82. The van der Waals surface area contributed by atoms with E-state index in [4.69, 9.17) is 10.8 Å². The lowest BCUT2D eigenvalue weighted by Crippen LogP contribution is -2.31. The number of likely N-dealkylation sites (tertiary alicyclic amines) is 1. The predicted octanol–water partition coefficient (Wildman–Crippen LogP) is 0.197. The van der Waals surface area contributed by atoms with Crippen LogP contribution in [0.2, 0.25) is 0 Å². The number of sulfonamides is 1. The van der Waals surface area contributed by atoms with Gasteiger partial charge in [0.1, 0.15) is 0 Å². The molecule has 1 aliphatic heterocycles. The predicted molar refractivity (Wildman–Crippen MR) is 78.6 cm³/mol. The molecule has 8 heteroatoms. The minimum atomic E-state index is -3.86. The van der Waals surface area contributed by atoms with Crippen LogP contribution >= 0.6 is 0 Å². The summed E-state index contributed by atoms with van der Waals surface area (Å²) in [6.07, 6.45) is 0.923. The molecule has 21 heavy (non-hydrogen) atoms. The molecule has 0 aliphatic carbocycles. The fraction of sp³-hybridized carbons (Fsp3) is 0.462. The first-order valence-electron chi connectivity index (χ1n) is 6.60. The van der Waals surface area contributed by atoms with Crippen LogP contribution in [0, 0.1) is 5.92 Å². The van der Waals surface area contributed by atoms with E-state index in [9.17, 15) is 13.2 Å². The van der Waals surface area contributed by atoms with Gasteiger partial charge in [0.05, 0.1) is 10.5 Å². The van der Waals surface area contributed by atoms with Gasteiger partial charge in [-0.3, -0.25) is 0 Å². The monoisotopic (exact) mass is 313 g/mol. The second-order valence-electron chi connectivity index (χ2n) is 5.33. The summed E-state index contributed by atoms with van der Waals surface area (Å²) >= 11 is 0. The highest BCUT2D eigenvalue weighted by molar-refractivity contribution is 7.89. The van der Waals surface area contributed by atoms with Gasteiger partial charge in [-0.25, -0.2) is 17.9 Å². The van der Waals surface area contributed by atoms with Crippen LogP contribution in [0.25, 0.3) is 0 Å². The Bertz CT molecular complexity index is 645. The first-order chi connectivity index (χ1) is 9.79. The summed E-state index contributed by atoms with van der Waals surface area (Å²) in [6, 6.07) is 3.76. The standard InChI is InChI=1S/C13H19N3O4S/c1-16-5-4-9(8-16)7-15-21(19,20)12-3-2-10(14)6-11(12)13(17)18/h2-3,6,9,15H,4-5,7-8,14H2,1H3,(H,17,18). The molecule has 1 fully saturated rings. The molecule has 7 nitrogen and oxygen atoms in total. The minimum absolute atomic E-state index is 0.212. The molecule has 1 heterocycles. The van der Waals surface area contributed by atoms with Gasteiger partial charge in [0, 0.05) is 18.8 Å². The third-order valence-electron chi connectivity index (χ3n) is 3.57. The van der Waals surface area contributed by atoms with Crippen LogP contribution in [0.4, 0.5) is 5.69 Å². The van der Waals surface area contributed by atoms with E-state index in [0.29, 0.717) is 6.54 Å². The van der Waals surface area contributed by atoms with Crippen molar-refractivity contribution < 1.29 is 18.3 Å². The summed E-state index contributed by atoms with van der Waals surface area (Å²) < 4.78 is 27.1. The third kappa shape index (κ3) is 3.72. The Morgan fingerprint density at radius 1 is 1.52 bits per heavy atom. The van der Waals surface area contributed by atoms with Crippen LogP contribution in [0.3, 0.4) is 0 Å². The van der Waals surface area contributed by atoms with E-state index in [2.05, 4.69) is 9.62 Å². The SMILES string of the molecule is CN1CCC(CNS(=O)(=O)c2ccc(N)cc2C(=O)O)C1. The minimum Gasteiger partial charge on any atom is -0.478 e. The van der Waals surface area contributed by atoms with Crippen molar-refractivity contribution in [3.8, 4) is 0 Å². The van der Waals surface area contributed by atoms with Gasteiger partial charge >= 0.3 is 5.97 Å². The number of benzene rings is 1. The normalized spacial score (nSPS) is 19.8. The molecule has 1 aromatic rings. The van der Waals surface area contributed by atoms with Gasteiger partial charge in [-0.2, -0.15) is 0 Å². The summed E-state index contributed by atoms with van der Waals surface area (Å²) in [5.41, 5.74) is 5.41. The summed E-state index contributed by atoms with van der Waals surface area (Å²) in [4.78, 5) is 13.0. The Kier molecular flexibility index (Phi) is 4.50. The van der Waals surface area contributed by atoms with Gasteiger partial charge in [0.2, 0.25) is 10.0 Å². The number of carboxylic acid groups (broad SMARTS) is 1. The Hall–Kier alpha value is -1.64. The molecule has 1 saturated heterocycles. The van der Waals surface area contributed by atoms with Gasteiger partial charge in [-0.15, -0.1) is 0 Å². The van der Waals surface area contributed by atoms with Gasteiger partial charge < -0.3 is 15.7 Å². The van der Waals surface area contributed by atoms with E-state index in [1.165, 1.54) is 12.1 Å². The van der Waals surface area contributed by atoms with Crippen molar-refractivity contribution in [2.75, 3.05) is 32.4 Å². The van der Waals surface area contributed by atoms with Crippen molar-refractivity contribution >= 4 is 21.7 Å². The molecule has 0 amide bonds. The van der Waals surface area contributed by atoms with Crippen LogP contribution < -0.4 is 10.5 Å². The average molecular weight is 313 g/mol. The van der Waals surface area contributed by atoms with Crippen LogP contribution in [0.1, 0.15) is 16.8 Å². The molecule has 4 N–H and O–H groups in total. The number of aromatic carboxylic acids is 1. The number of nitrogens with two attached hydrogens (primary N) is 1. The first-order valence-corrected chi connectivity index (χ1v) is 8.09. The number of carboxylic acids is 1. The zero-order chi connectivity index (χ0) is 15.6. The molecular weight excluding hydrogens is 294 g/mol. The van der Waals surface area contributed by atoms with Crippen molar-refractivity contribution in [1.82, 2.24) is 9.62 Å². The molecule has 1 unspecified atom stereocenters. The number of nitrogens with zero attached hydrogens (tertiary/aromatic N) is 1. The number of carbonyl (C=O) groups is 1. The number of anilines is 1. The molecule has 1 atom stereocenters. The lowest BCUT2D eigenvalue weighted by molar-refractivity contribution is 0.0692. The molecule has 0 saturated carbocycles. The van der Waals surface area contributed by atoms with E-state index >= 15 is 0 Å². The topological polar surface area (TPSA) is 113 Å². The van der Waals surface area contributed by atoms with Crippen LogP contribution in [-0.2, 0) is 10.0 Å². The quantitative estimate of drug-likeness (QED) is 0.669. The van der Waals surface area contributed by atoms with Gasteiger partial charge in [0.25, 0.3) is 0 Å². The highest BCUT2D eigenvalue weighted by atomic mass is 32.2. The Morgan fingerprint density at radius 2 is 2.24 bits per heavy atom. The summed E-state index contributed by atoms with van der Waals surface area (Å²) in [5, 5.41) is 9.11. The fourth-order valence-electron chi connectivity index (χ4n) is 2.45. The third-order valence-corrected chi connectivity index (χ3v) is 5.06. The molecule has 0 aromatic heterocycles. The van der Waals surface area contributed by atoms with E-state index in [1.54, 1.807) is 0 Å². The Balaban J connectivity index is 2.17. The molecular formula is C13H19N3O4S. The van der Waals surface area contributed by atoms with Gasteiger partial charge in [-0.1, -0.05) is 0 Å². The zero-order valence-corrected chi connectivity index (χ0v) is 12.6. The van der Waals surface area contributed by atoms with Crippen LogP contribution in [-0.4, -0.2) is 51.1 Å². The van der Waals surface area contributed by atoms with E-state index in [0.717, 1.165) is 25.6 Å². The fourth-order valence-corrected chi connectivity index (χ4v) is 3.74. The number of rotatable bonds is 5. The van der Waals surface area contributed by atoms with E-state index in [1.807, 2.05) is 7.05 Å². The second-order valence-corrected chi connectivity index (χ2v) is 7.06. The lowest BCUT2D eigenvalue weighted by Gasteiger charge is -2.13. The molecule has 1 aromatic carbocycles. The summed E-state index contributed by atoms with van der Waals surface area (Å²) in [5.74, 6) is -1.07. The Labute approximate surface area is 123 Å². The summed E-state index contributed by atoms with van der Waals surface area (Å²) in [7, 11) is -1.88. The van der Waals surface area contributed by atoms with E-state index in [-0.39, 0.29) is 22.1 Å². The van der Waals surface area contributed by atoms with Crippen molar-refractivity contribution in [2.45, 2.75) is 11.3 Å². The highest BCUT2D eigenvalue weighted by Gasteiger charge is 2.25. The first kappa shape index (κ1) is 15.7. The lowest BCUT2D eigenvalue weighted by atomic mass is 10.1. The van der Waals surface area contributed by atoms with Gasteiger partial charge in [-0.05, 0) is 44.1 Å². The van der Waals surface area contributed by atoms with Crippen LogP contribution in [0.5, 0.6) is 0 Å². The highest BCUT2D eigenvalue weighted by Crippen LogP contribution is 2.20.